The minimum absolute atomic E-state index is 0.106. The zero-order valence-corrected chi connectivity index (χ0v) is 14.6. The molecule has 1 aromatic carbocycles. The molecule has 4 rings (SSSR count). The summed E-state index contributed by atoms with van der Waals surface area (Å²) in [6, 6.07) is 11.0. The summed E-state index contributed by atoms with van der Waals surface area (Å²) in [4.78, 5) is 14.6. The van der Waals surface area contributed by atoms with Crippen molar-refractivity contribution >= 4 is 5.91 Å². The first-order valence-corrected chi connectivity index (χ1v) is 8.30. The van der Waals surface area contributed by atoms with Crippen LogP contribution < -0.4 is 4.74 Å². The summed E-state index contributed by atoms with van der Waals surface area (Å²) in [5.41, 5.74) is 2.96. The Morgan fingerprint density at radius 3 is 2.69 bits per heavy atom. The number of aromatic amines is 1. The number of H-pyrrole nitrogens is 1. The largest absolute Gasteiger partial charge is 0.497 e. The van der Waals surface area contributed by atoms with Crippen LogP contribution in [0.4, 0.5) is 0 Å². The SMILES string of the molecule is COCCN1C(=O)c2[nH]nc(-c3ccc(OC)cc3)c2C1c1ccco1. The van der Waals surface area contributed by atoms with Gasteiger partial charge in [-0.25, -0.2) is 0 Å². The topological polar surface area (TPSA) is 80.6 Å². The maximum atomic E-state index is 12.9. The molecular formula is C19H19N3O4. The fourth-order valence-electron chi connectivity index (χ4n) is 3.33. The van der Waals surface area contributed by atoms with Gasteiger partial charge in [0.05, 0.1) is 25.7 Å². The number of aromatic nitrogens is 2. The summed E-state index contributed by atoms with van der Waals surface area (Å²) in [7, 11) is 3.24. The van der Waals surface area contributed by atoms with E-state index in [9.17, 15) is 4.79 Å². The smallest absolute Gasteiger partial charge is 0.273 e. The molecule has 1 amide bonds. The molecule has 0 radical (unpaired) electrons. The van der Waals surface area contributed by atoms with Gasteiger partial charge in [0.15, 0.2) is 0 Å². The van der Waals surface area contributed by atoms with E-state index < -0.39 is 0 Å². The van der Waals surface area contributed by atoms with Crippen LogP contribution in [0.25, 0.3) is 11.3 Å². The Kier molecular flexibility index (Phi) is 4.22. The van der Waals surface area contributed by atoms with E-state index in [0.717, 1.165) is 22.6 Å². The molecule has 1 N–H and O–H groups in total. The molecule has 2 aromatic heterocycles. The number of fused-ring (bicyclic) bond motifs is 1. The molecule has 0 saturated carbocycles. The first-order chi connectivity index (χ1) is 12.7. The molecule has 7 nitrogen and oxygen atoms in total. The summed E-state index contributed by atoms with van der Waals surface area (Å²) in [5, 5.41) is 7.31. The highest BCUT2D eigenvalue weighted by Gasteiger charge is 2.43. The van der Waals surface area contributed by atoms with Gasteiger partial charge in [0, 0.05) is 24.8 Å². The number of benzene rings is 1. The van der Waals surface area contributed by atoms with Gasteiger partial charge in [0.1, 0.15) is 23.2 Å². The van der Waals surface area contributed by atoms with E-state index in [1.807, 2.05) is 36.4 Å². The van der Waals surface area contributed by atoms with Crippen LogP contribution in [0.15, 0.2) is 47.1 Å². The molecule has 3 heterocycles. The number of hydrogen-bond donors (Lipinski definition) is 1. The van der Waals surface area contributed by atoms with Gasteiger partial charge in [-0.3, -0.25) is 9.89 Å². The molecule has 0 bridgehead atoms. The third kappa shape index (κ3) is 2.57. The summed E-state index contributed by atoms with van der Waals surface area (Å²) in [6.07, 6.45) is 1.61. The second-order valence-corrected chi connectivity index (χ2v) is 6.00. The van der Waals surface area contributed by atoms with Crippen molar-refractivity contribution in [2.75, 3.05) is 27.4 Å². The van der Waals surface area contributed by atoms with Crippen LogP contribution in [0.5, 0.6) is 5.75 Å². The van der Waals surface area contributed by atoms with Gasteiger partial charge in [-0.2, -0.15) is 5.10 Å². The van der Waals surface area contributed by atoms with Gasteiger partial charge in [0.2, 0.25) is 0 Å². The molecule has 0 aliphatic carbocycles. The number of nitrogens with one attached hydrogen (secondary N) is 1. The van der Waals surface area contributed by atoms with Crippen molar-refractivity contribution in [1.82, 2.24) is 15.1 Å². The lowest BCUT2D eigenvalue weighted by Gasteiger charge is -2.24. The third-order valence-electron chi connectivity index (χ3n) is 4.58. The fourth-order valence-corrected chi connectivity index (χ4v) is 3.33. The van der Waals surface area contributed by atoms with Crippen LogP contribution >= 0.6 is 0 Å². The second-order valence-electron chi connectivity index (χ2n) is 6.00. The highest BCUT2D eigenvalue weighted by Crippen LogP contribution is 2.42. The Balaban J connectivity index is 1.80. The van der Waals surface area contributed by atoms with Gasteiger partial charge in [-0.05, 0) is 36.4 Å². The highest BCUT2D eigenvalue weighted by molar-refractivity contribution is 6.00. The van der Waals surface area contributed by atoms with Crippen molar-refractivity contribution in [3.63, 3.8) is 0 Å². The number of amides is 1. The number of nitrogens with zero attached hydrogens (tertiary/aromatic N) is 2. The zero-order chi connectivity index (χ0) is 18.1. The van der Waals surface area contributed by atoms with Crippen molar-refractivity contribution in [2.45, 2.75) is 6.04 Å². The number of rotatable bonds is 6. The third-order valence-corrected chi connectivity index (χ3v) is 4.58. The van der Waals surface area contributed by atoms with Crippen LogP contribution in [-0.4, -0.2) is 48.4 Å². The Morgan fingerprint density at radius 1 is 1.23 bits per heavy atom. The maximum absolute atomic E-state index is 12.9. The minimum atomic E-state index is -0.335. The zero-order valence-electron chi connectivity index (χ0n) is 14.6. The van der Waals surface area contributed by atoms with Crippen LogP contribution in [0, 0.1) is 0 Å². The van der Waals surface area contributed by atoms with Crippen molar-refractivity contribution in [3.8, 4) is 17.0 Å². The van der Waals surface area contributed by atoms with Crippen molar-refractivity contribution in [1.29, 1.82) is 0 Å². The summed E-state index contributed by atoms with van der Waals surface area (Å²) in [6.45, 7) is 0.907. The summed E-state index contributed by atoms with van der Waals surface area (Å²) in [5.74, 6) is 1.36. The minimum Gasteiger partial charge on any atom is -0.497 e. The van der Waals surface area contributed by atoms with Crippen LogP contribution in [0.1, 0.15) is 27.9 Å². The molecule has 0 spiro atoms. The first kappa shape index (κ1) is 16.4. The molecule has 1 aliphatic rings. The van der Waals surface area contributed by atoms with Gasteiger partial charge in [-0.1, -0.05) is 0 Å². The van der Waals surface area contributed by atoms with Gasteiger partial charge < -0.3 is 18.8 Å². The van der Waals surface area contributed by atoms with E-state index in [0.29, 0.717) is 24.6 Å². The molecule has 7 heteroatoms. The van der Waals surface area contributed by atoms with Crippen LogP contribution in [0.3, 0.4) is 0 Å². The number of carbonyl (C=O) groups excluding carboxylic acids is 1. The Morgan fingerprint density at radius 2 is 2.04 bits per heavy atom. The lowest BCUT2D eigenvalue weighted by atomic mass is 10.00. The highest BCUT2D eigenvalue weighted by atomic mass is 16.5. The predicted octanol–water partition coefficient (Wildman–Crippen LogP) is 2.87. The average Bonchev–Trinajstić information content (AvgIpc) is 3.39. The first-order valence-electron chi connectivity index (χ1n) is 8.30. The molecule has 0 saturated heterocycles. The lowest BCUT2D eigenvalue weighted by Crippen LogP contribution is -2.32. The maximum Gasteiger partial charge on any atom is 0.273 e. The van der Waals surface area contributed by atoms with Crippen molar-refractivity contribution in [2.24, 2.45) is 0 Å². The van der Waals surface area contributed by atoms with Gasteiger partial charge in [-0.15, -0.1) is 0 Å². The quantitative estimate of drug-likeness (QED) is 0.737. The molecule has 1 aliphatic heterocycles. The number of carbonyl (C=O) groups is 1. The molecule has 134 valence electrons. The Labute approximate surface area is 150 Å². The monoisotopic (exact) mass is 353 g/mol. The summed E-state index contributed by atoms with van der Waals surface area (Å²) < 4.78 is 16.0. The Bertz CT molecular complexity index is 900. The van der Waals surface area contributed by atoms with Crippen molar-refractivity contribution in [3.05, 3.63) is 59.7 Å². The fraction of sp³-hybridized carbons (Fsp3) is 0.263. The van der Waals surface area contributed by atoms with E-state index in [2.05, 4.69) is 10.2 Å². The van der Waals surface area contributed by atoms with E-state index in [1.165, 1.54) is 0 Å². The van der Waals surface area contributed by atoms with E-state index in [4.69, 9.17) is 13.9 Å². The van der Waals surface area contributed by atoms with E-state index in [-0.39, 0.29) is 11.9 Å². The predicted molar refractivity (Wildman–Crippen MR) is 94.0 cm³/mol. The standard InChI is InChI=1S/C19H19N3O4/c1-24-11-9-22-18(14-4-3-10-26-14)15-16(20-21-17(15)19(22)23)12-5-7-13(25-2)8-6-12/h3-8,10,18H,9,11H2,1-2H3,(H,20,21). The summed E-state index contributed by atoms with van der Waals surface area (Å²) >= 11 is 0. The molecular weight excluding hydrogens is 334 g/mol. The molecule has 0 fully saturated rings. The second kappa shape index (κ2) is 6.68. The lowest BCUT2D eigenvalue weighted by molar-refractivity contribution is 0.0660. The van der Waals surface area contributed by atoms with Crippen LogP contribution in [0.2, 0.25) is 0 Å². The average molecular weight is 353 g/mol. The molecule has 1 atom stereocenters. The molecule has 1 unspecified atom stereocenters. The number of ether oxygens (including phenoxy) is 2. The van der Waals surface area contributed by atoms with E-state index in [1.54, 1.807) is 25.4 Å². The number of furan rings is 1. The van der Waals surface area contributed by atoms with Gasteiger partial charge in [0.25, 0.3) is 5.91 Å². The van der Waals surface area contributed by atoms with Gasteiger partial charge >= 0.3 is 0 Å². The van der Waals surface area contributed by atoms with E-state index >= 15 is 0 Å². The number of hydrogen-bond acceptors (Lipinski definition) is 5. The molecule has 26 heavy (non-hydrogen) atoms. The van der Waals surface area contributed by atoms with Crippen molar-refractivity contribution < 1.29 is 18.7 Å². The molecule has 3 aromatic rings. The van der Waals surface area contributed by atoms with Crippen LogP contribution in [-0.2, 0) is 4.74 Å². The normalized spacial score (nSPS) is 16.2. The number of methoxy groups -OCH3 is 2. The Hall–Kier alpha value is -3.06.